The van der Waals surface area contributed by atoms with Gasteiger partial charge in [-0.2, -0.15) is 0 Å². The van der Waals surface area contributed by atoms with Crippen LogP contribution < -0.4 is 0 Å². The van der Waals surface area contributed by atoms with Crippen molar-refractivity contribution in [2.75, 3.05) is 13.2 Å². The molecule has 2 fully saturated rings. The predicted octanol–water partition coefficient (Wildman–Crippen LogP) is 2.27. The van der Waals surface area contributed by atoms with Crippen molar-refractivity contribution in [1.29, 1.82) is 0 Å². The van der Waals surface area contributed by atoms with E-state index in [1.165, 1.54) is 19.3 Å². The second-order valence-electron chi connectivity index (χ2n) is 3.89. The van der Waals surface area contributed by atoms with Crippen molar-refractivity contribution < 1.29 is 9.84 Å². The van der Waals surface area contributed by atoms with Gasteiger partial charge >= 0.3 is 0 Å². The fourth-order valence-corrected chi connectivity index (χ4v) is 1.68. The van der Waals surface area contributed by atoms with Crippen LogP contribution in [0.3, 0.4) is 0 Å². The summed E-state index contributed by atoms with van der Waals surface area (Å²) < 4.78 is 4.50. The molecule has 1 aliphatic heterocycles. The molecule has 2 heteroatoms. The lowest BCUT2D eigenvalue weighted by Crippen LogP contribution is -2.30. The quantitative estimate of drug-likeness (QED) is 0.527. The number of rotatable bonds is 2. The summed E-state index contributed by atoms with van der Waals surface area (Å²) in [6.07, 6.45) is 8.20. The van der Waals surface area contributed by atoms with Crippen LogP contribution in [0.15, 0.2) is 12.7 Å². The molecule has 0 unspecified atom stereocenters. The molecule has 1 saturated heterocycles. The highest BCUT2D eigenvalue weighted by Gasteiger charge is 2.26. The number of hydrogen-bond acceptors (Lipinski definition) is 2. The third kappa shape index (κ3) is 5.06. The second kappa shape index (κ2) is 5.40. The van der Waals surface area contributed by atoms with Gasteiger partial charge in [0.05, 0.1) is 18.8 Å². The standard InChI is InChI=1S/C9H16O.C2H4O/c1-2-6-9(10)7-4-3-5-8-9;1-2-3-1/h2,10H,1,3-8H2;1-2H2. The summed E-state index contributed by atoms with van der Waals surface area (Å²) in [5.41, 5.74) is -0.389. The Kier molecular flexibility index (Phi) is 4.46. The first-order valence-electron chi connectivity index (χ1n) is 5.18. The second-order valence-corrected chi connectivity index (χ2v) is 3.89. The highest BCUT2D eigenvalue weighted by atomic mass is 16.6. The van der Waals surface area contributed by atoms with Gasteiger partial charge in [-0.15, -0.1) is 6.58 Å². The van der Waals surface area contributed by atoms with E-state index in [1.54, 1.807) is 0 Å². The van der Waals surface area contributed by atoms with Gasteiger partial charge in [0, 0.05) is 0 Å². The molecule has 2 rings (SSSR count). The molecule has 2 nitrogen and oxygen atoms in total. The van der Waals surface area contributed by atoms with E-state index in [0.29, 0.717) is 0 Å². The predicted molar refractivity (Wildman–Crippen MR) is 53.7 cm³/mol. The first kappa shape index (κ1) is 10.7. The van der Waals surface area contributed by atoms with Crippen LogP contribution in [0.5, 0.6) is 0 Å². The molecule has 0 aromatic rings. The topological polar surface area (TPSA) is 32.8 Å². The molecule has 0 aromatic carbocycles. The van der Waals surface area contributed by atoms with Crippen LogP contribution in [0.4, 0.5) is 0 Å². The van der Waals surface area contributed by atoms with E-state index in [-0.39, 0.29) is 5.60 Å². The zero-order valence-corrected chi connectivity index (χ0v) is 8.30. The molecular formula is C11H20O2. The molecule has 0 amide bonds. The summed E-state index contributed by atoms with van der Waals surface area (Å²) in [6.45, 7) is 5.64. The summed E-state index contributed by atoms with van der Waals surface area (Å²) in [7, 11) is 0. The molecule has 1 saturated carbocycles. The van der Waals surface area contributed by atoms with Crippen molar-refractivity contribution in [1.82, 2.24) is 0 Å². The largest absolute Gasteiger partial charge is 0.390 e. The SMILES string of the molecule is C1CO1.C=CCC1(O)CCCCC1. The van der Waals surface area contributed by atoms with Gasteiger partial charge in [0.2, 0.25) is 0 Å². The maximum Gasteiger partial charge on any atom is 0.0701 e. The van der Waals surface area contributed by atoms with Crippen LogP contribution >= 0.6 is 0 Å². The highest BCUT2D eigenvalue weighted by Crippen LogP contribution is 2.30. The normalized spacial score (nSPS) is 24.1. The monoisotopic (exact) mass is 184 g/mol. The minimum absolute atomic E-state index is 0.389. The van der Waals surface area contributed by atoms with Gasteiger partial charge in [0.1, 0.15) is 0 Å². The minimum Gasteiger partial charge on any atom is -0.390 e. The number of ether oxygens (including phenoxy) is 1. The van der Waals surface area contributed by atoms with Crippen LogP contribution in [-0.4, -0.2) is 23.9 Å². The average molecular weight is 184 g/mol. The number of epoxide rings is 1. The molecule has 0 bridgehead atoms. The first-order chi connectivity index (χ1) is 6.27. The van der Waals surface area contributed by atoms with Crippen LogP contribution in [0.25, 0.3) is 0 Å². The summed E-state index contributed by atoms with van der Waals surface area (Å²) in [6, 6.07) is 0. The smallest absolute Gasteiger partial charge is 0.0701 e. The highest BCUT2D eigenvalue weighted by molar-refractivity contribution is 4.88. The molecule has 0 aromatic heterocycles. The average Bonchev–Trinajstić information content (AvgIpc) is 2.91. The maximum atomic E-state index is 9.80. The lowest BCUT2D eigenvalue weighted by Gasteiger charge is -2.30. The first-order valence-corrected chi connectivity index (χ1v) is 5.18. The van der Waals surface area contributed by atoms with E-state index >= 15 is 0 Å². The fourth-order valence-electron chi connectivity index (χ4n) is 1.68. The maximum absolute atomic E-state index is 9.80. The van der Waals surface area contributed by atoms with Gasteiger partial charge in [-0.05, 0) is 19.3 Å². The Labute approximate surface area is 80.6 Å². The summed E-state index contributed by atoms with van der Waals surface area (Å²) >= 11 is 0. The van der Waals surface area contributed by atoms with Gasteiger partial charge < -0.3 is 9.84 Å². The Morgan fingerprint density at radius 2 is 1.77 bits per heavy atom. The van der Waals surface area contributed by atoms with Crippen molar-refractivity contribution in [2.45, 2.75) is 44.1 Å². The molecule has 0 atom stereocenters. The van der Waals surface area contributed by atoms with E-state index in [0.717, 1.165) is 32.5 Å². The zero-order valence-electron chi connectivity index (χ0n) is 8.30. The van der Waals surface area contributed by atoms with E-state index in [2.05, 4.69) is 11.3 Å². The lowest BCUT2D eigenvalue weighted by molar-refractivity contribution is 0.00703. The Hall–Kier alpha value is -0.340. The lowest BCUT2D eigenvalue weighted by atomic mass is 9.83. The van der Waals surface area contributed by atoms with Crippen LogP contribution in [0.1, 0.15) is 38.5 Å². The summed E-state index contributed by atoms with van der Waals surface area (Å²) in [4.78, 5) is 0. The molecule has 13 heavy (non-hydrogen) atoms. The van der Waals surface area contributed by atoms with Crippen LogP contribution in [-0.2, 0) is 4.74 Å². The van der Waals surface area contributed by atoms with Crippen LogP contribution in [0.2, 0.25) is 0 Å². The molecule has 1 aliphatic carbocycles. The fraction of sp³-hybridized carbons (Fsp3) is 0.818. The molecule has 1 N–H and O–H groups in total. The van der Waals surface area contributed by atoms with Crippen molar-refractivity contribution in [3.05, 3.63) is 12.7 Å². The van der Waals surface area contributed by atoms with Gasteiger partial charge in [0.15, 0.2) is 0 Å². The Morgan fingerprint density at radius 1 is 1.23 bits per heavy atom. The van der Waals surface area contributed by atoms with Gasteiger partial charge in [-0.3, -0.25) is 0 Å². The Balaban J connectivity index is 0.000000236. The van der Waals surface area contributed by atoms with Crippen molar-refractivity contribution >= 4 is 0 Å². The Bertz CT molecular complexity index is 143. The Morgan fingerprint density at radius 3 is 2.15 bits per heavy atom. The number of aliphatic hydroxyl groups is 1. The molecule has 0 spiro atoms. The zero-order chi connectivity index (χ0) is 9.57. The van der Waals surface area contributed by atoms with E-state index in [4.69, 9.17) is 0 Å². The number of hydrogen-bond donors (Lipinski definition) is 1. The minimum atomic E-state index is -0.389. The molecular weight excluding hydrogens is 164 g/mol. The van der Waals surface area contributed by atoms with Gasteiger partial charge in [-0.1, -0.05) is 25.3 Å². The van der Waals surface area contributed by atoms with Crippen LogP contribution in [0, 0.1) is 0 Å². The summed E-state index contributed by atoms with van der Waals surface area (Å²) in [5.74, 6) is 0. The van der Waals surface area contributed by atoms with E-state index < -0.39 is 0 Å². The van der Waals surface area contributed by atoms with Gasteiger partial charge in [-0.25, -0.2) is 0 Å². The van der Waals surface area contributed by atoms with E-state index in [9.17, 15) is 5.11 Å². The van der Waals surface area contributed by atoms with Crippen molar-refractivity contribution in [3.8, 4) is 0 Å². The van der Waals surface area contributed by atoms with Crippen molar-refractivity contribution in [3.63, 3.8) is 0 Å². The third-order valence-electron chi connectivity index (χ3n) is 2.51. The molecule has 1 heterocycles. The summed E-state index contributed by atoms with van der Waals surface area (Å²) in [5, 5.41) is 9.80. The van der Waals surface area contributed by atoms with E-state index in [1.807, 2.05) is 6.08 Å². The third-order valence-corrected chi connectivity index (χ3v) is 2.51. The molecule has 76 valence electrons. The molecule has 2 aliphatic rings. The molecule has 0 radical (unpaired) electrons. The van der Waals surface area contributed by atoms with Gasteiger partial charge in [0.25, 0.3) is 0 Å². The van der Waals surface area contributed by atoms with Crippen molar-refractivity contribution in [2.24, 2.45) is 0 Å².